The van der Waals surface area contributed by atoms with E-state index in [2.05, 4.69) is 5.32 Å². The monoisotopic (exact) mass is 321 g/mol. The van der Waals surface area contributed by atoms with Crippen LogP contribution in [0, 0.1) is 11.3 Å². The molecule has 1 aromatic rings. The molecule has 5 nitrogen and oxygen atoms in total. The van der Waals surface area contributed by atoms with Gasteiger partial charge in [0.2, 0.25) is 5.91 Å². The molecule has 0 aliphatic carbocycles. The predicted molar refractivity (Wildman–Crippen MR) is 82.7 cm³/mol. The van der Waals surface area contributed by atoms with E-state index in [1.807, 2.05) is 6.07 Å². The van der Waals surface area contributed by atoms with Gasteiger partial charge in [-0.2, -0.15) is 5.26 Å². The summed E-state index contributed by atoms with van der Waals surface area (Å²) in [7, 11) is 1.44. The van der Waals surface area contributed by atoms with Crippen molar-refractivity contribution in [3.05, 3.63) is 39.9 Å². The van der Waals surface area contributed by atoms with Gasteiger partial charge in [-0.3, -0.25) is 14.5 Å². The number of anilines is 1. The van der Waals surface area contributed by atoms with E-state index in [0.29, 0.717) is 15.7 Å². The summed E-state index contributed by atoms with van der Waals surface area (Å²) in [5, 5.41) is 12.2. The summed E-state index contributed by atoms with van der Waals surface area (Å²) in [5.74, 6) is -0.685. The molecule has 1 N–H and O–H groups in total. The molecular formula is C14H12ClN3O2S. The third-order valence-corrected chi connectivity index (χ3v) is 4.34. The standard InChI is InChI=1S/C14H12ClN3O2S/c1-8-13(20)18(10-5-3-9(15)4-6-10)14(21-8)11(7-16)12(19)17-2/h3-6,8H,1-2H3,(H,17,19)/b14-11-. The van der Waals surface area contributed by atoms with Gasteiger partial charge in [0.15, 0.2) is 0 Å². The molecule has 1 fully saturated rings. The maximum atomic E-state index is 12.3. The first-order valence-corrected chi connectivity index (χ1v) is 7.38. The highest BCUT2D eigenvalue weighted by Gasteiger charge is 2.38. The summed E-state index contributed by atoms with van der Waals surface area (Å²) in [4.78, 5) is 25.5. The minimum Gasteiger partial charge on any atom is -0.354 e. The Morgan fingerprint density at radius 1 is 1.43 bits per heavy atom. The molecule has 1 aliphatic rings. The van der Waals surface area contributed by atoms with Crippen molar-refractivity contribution in [3.8, 4) is 6.07 Å². The molecule has 108 valence electrons. The van der Waals surface area contributed by atoms with Crippen LogP contribution in [-0.4, -0.2) is 24.1 Å². The second kappa shape index (κ2) is 6.20. The van der Waals surface area contributed by atoms with Gasteiger partial charge in [-0.25, -0.2) is 0 Å². The zero-order valence-corrected chi connectivity index (χ0v) is 13.0. The zero-order chi connectivity index (χ0) is 15.6. The number of benzene rings is 1. The number of nitriles is 1. The minimum atomic E-state index is -0.513. The molecule has 2 rings (SSSR count). The molecule has 1 atom stereocenters. The Morgan fingerprint density at radius 2 is 2.05 bits per heavy atom. The number of thioether (sulfide) groups is 1. The Hall–Kier alpha value is -1.97. The number of hydrogen-bond acceptors (Lipinski definition) is 4. The van der Waals surface area contributed by atoms with Crippen LogP contribution in [0.3, 0.4) is 0 Å². The molecule has 0 aromatic heterocycles. The van der Waals surface area contributed by atoms with Gasteiger partial charge in [0, 0.05) is 17.8 Å². The summed E-state index contributed by atoms with van der Waals surface area (Å²) >= 11 is 7.04. The van der Waals surface area contributed by atoms with Gasteiger partial charge >= 0.3 is 0 Å². The SMILES string of the molecule is CNC(=O)/C(C#N)=C1\SC(C)C(=O)N1c1ccc(Cl)cc1. The maximum absolute atomic E-state index is 12.3. The van der Waals surface area contributed by atoms with Gasteiger partial charge in [-0.15, -0.1) is 0 Å². The van der Waals surface area contributed by atoms with E-state index in [0.717, 1.165) is 0 Å². The van der Waals surface area contributed by atoms with Crippen molar-refractivity contribution in [2.45, 2.75) is 12.2 Å². The first kappa shape index (κ1) is 15.4. The highest BCUT2D eigenvalue weighted by atomic mass is 35.5. The van der Waals surface area contributed by atoms with Crippen molar-refractivity contribution in [2.24, 2.45) is 0 Å². The molecule has 21 heavy (non-hydrogen) atoms. The number of rotatable bonds is 2. The third-order valence-electron chi connectivity index (χ3n) is 2.92. The average Bonchev–Trinajstić information content (AvgIpc) is 2.76. The Labute approximate surface area is 131 Å². The molecular weight excluding hydrogens is 310 g/mol. The lowest BCUT2D eigenvalue weighted by Crippen LogP contribution is -2.29. The molecule has 1 aromatic carbocycles. The van der Waals surface area contributed by atoms with E-state index in [4.69, 9.17) is 11.6 Å². The number of likely N-dealkylation sites (N-methyl/N-ethyl adjacent to an activating group) is 1. The van der Waals surface area contributed by atoms with Crippen molar-refractivity contribution in [1.29, 1.82) is 5.26 Å². The minimum absolute atomic E-state index is 0.0739. The van der Waals surface area contributed by atoms with Crippen LogP contribution < -0.4 is 10.2 Å². The highest BCUT2D eigenvalue weighted by Crippen LogP contribution is 2.40. The number of hydrogen-bond donors (Lipinski definition) is 1. The van der Waals surface area contributed by atoms with Crippen LogP contribution in [-0.2, 0) is 9.59 Å². The fraction of sp³-hybridized carbons (Fsp3) is 0.214. The van der Waals surface area contributed by atoms with Crippen LogP contribution in [0.25, 0.3) is 0 Å². The van der Waals surface area contributed by atoms with Gasteiger partial charge in [0.05, 0.1) is 5.25 Å². The quantitative estimate of drug-likeness (QED) is 0.670. The summed E-state index contributed by atoms with van der Waals surface area (Å²) in [5.41, 5.74) is 0.503. The topological polar surface area (TPSA) is 73.2 Å². The molecule has 0 spiro atoms. The van der Waals surface area contributed by atoms with Crippen molar-refractivity contribution in [1.82, 2.24) is 5.32 Å². The van der Waals surface area contributed by atoms with E-state index in [1.165, 1.54) is 23.7 Å². The molecule has 1 aliphatic heterocycles. The fourth-order valence-corrected chi connectivity index (χ4v) is 3.10. The van der Waals surface area contributed by atoms with E-state index < -0.39 is 5.91 Å². The van der Waals surface area contributed by atoms with Gasteiger partial charge in [0.1, 0.15) is 16.7 Å². The summed E-state index contributed by atoms with van der Waals surface area (Å²) in [6.45, 7) is 1.74. The highest BCUT2D eigenvalue weighted by molar-refractivity contribution is 8.05. The van der Waals surface area contributed by atoms with Crippen molar-refractivity contribution < 1.29 is 9.59 Å². The Balaban J connectivity index is 2.57. The number of halogens is 1. The Bertz CT molecular complexity index is 664. The smallest absolute Gasteiger partial charge is 0.264 e. The van der Waals surface area contributed by atoms with Crippen molar-refractivity contribution in [3.63, 3.8) is 0 Å². The summed E-state index contributed by atoms with van der Waals surface area (Å²) < 4.78 is 0. The van der Waals surface area contributed by atoms with Crippen LogP contribution in [0.4, 0.5) is 5.69 Å². The lowest BCUT2D eigenvalue weighted by atomic mass is 10.2. The van der Waals surface area contributed by atoms with Crippen molar-refractivity contribution in [2.75, 3.05) is 11.9 Å². The number of carbonyl (C=O) groups is 2. The van der Waals surface area contributed by atoms with Gasteiger partial charge < -0.3 is 5.32 Å². The Morgan fingerprint density at radius 3 is 2.57 bits per heavy atom. The molecule has 1 unspecified atom stereocenters. The van der Waals surface area contributed by atoms with Gasteiger partial charge in [-0.05, 0) is 31.2 Å². The second-order valence-electron chi connectivity index (χ2n) is 4.28. The average molecular weight is 322 g/mol. The van der Waals surface area contributed by atoms with Gasteiger partial charge in [-0.1, -0.05) is 23.4 Å². The maximum Gasteiger partial charge on any atom is 0.264 e. The van der Waals surface area contributed by atoms with Crippen molar-refractivity contribution >= 4 is 40.9 Å². The van der Waals surface area contributed by atoms with Crippen LogP contribution >= 0.6 is 23.4 Å². The molecule has 0 bridgehead atoms. The molecule has 1 saturated heterocycles. The summed E-state index contributed by atoms with van der Waals surface area (Å²) in [6.07, 6.45) is 0. The first-order valence-electron chi connectivity index (χ1n) is 6.12. The Kier molecular flexibility index (Phi) is 4.56. The van der Waals surface area contributed by atoms with E-state index >= 15 is 0 Å². The van der Waals surface area contributed by atoms with Crippen LogP contribution in [0.2, 0.25) is 5.02 Å². The third kappa shape index (κ3) is 2.89. The van der Waals surface area contributed by atoms with Crippen LogP contribution in [0.1, 0.15) is 6.92 Å². The molecule has 0 saturated carbocycles. The molecule has 0 radical (unpaired) electrons. The lowest BCUT2D eigenvalue weighted by molar-refractivity contribution is -0.117. The normalized spacial score (nSPS) is 20.2. The first-order chi connectivity index (χ1) is 9.99. The number of nitrogens with one attached hydrogen (secondary N) is 1. The number of nitrogens with zero attached hydrogens (tertiary/aromatic N) is 2. The predicted octanol–water partition coefficient (Wildman–Crippen LogP) is 2.29. The van der Waals surface area contributed by atoms with E-state index in [1.54, 1.807) is 31.2 Å². The molecule has 1 heterocycles. The number of carbonyl (C=O) groups excluding carboxylic acids is 2. The fourth-order valence-electron chi connectivity index (χ4n) is 1.88. The second-order valence-corrected chi connectivity index (χ2v) is 6.05. The number of amides is 2. The largest absolute Gasteiger partial charge is 0.354 e. The van der Waals surface area contributed by atoms with Crippen LogP contribution in [0.15, 0.2) is 34.9 Å². The van der Waals surface area contributed by atoms with E-state index in [-0.39, 0.29) is 16.7 Å². The zero-order valence-electron chi connectivity index (χ0n) is 11.4. The van der Waals surface area contributed by atoms with Crippen LogP contribution in [0.5, 0.6) is 0 Å². The lowest BCUT2D eigenvalue weighted by Gasteiger charge is -2.18. The van der Waals surface area contributed by atoms with Gasteiger partial charge in [0.25, 0.3) is 5.91 Å². The summed E-state index contributed by atoms with van der Waals surface area (Å²) in [6, 6.07) is 8.54. The molecule has 7 heteroatoms. The molecule has 2 amide bonds. The van der Waals surface area contributed by atoms with E-state index in [9.17, 15) is 14.9 Å².